The minimum absolute atomic E-state index is 0.0991. The average Bonchev–Trinajstić information content (AvgIpc) is 2.00. The standard InChI is InChI=1S/C5H11O5P/c1-9-5(6)3-4-11(7,8)10-2/h3-4H2,1-2H3,(H,7,8). The number of hydrogen-bond donors (Lipinski definition) is 1. The number of hydrogen-bond acceptors (Lipinski definition) is 4. The fourth-order valence-corrected chi connectivity index (χ4v) is 1.07. The molecule has 0 aliphatic carbocycles. The maximum atomic E-state index is 10.7. The lowest BCUT2D eigenvalue weighted by atomic mass is 10.5. The van der Waals surface area contributed by atoms with Crippen LogP contribution in [0.3, 0.4) is 0 Å². The summed E-state index contributed by atoms with van der Waals surface area (Å²) in [7, 11) is -1.20. The van der Waals surface area contributed by atoms with Gasteiger partial charge in [0.2, 0.25) is 0 Å². The summed E-state index contributed by atoms with van der Waals surface area (Å²) < 4.78 is 19.2. The van der Waals surface area contributed by atoms with Crippen molar-refractivity contribution in [3.63, 3.8) is 0 Å². The molecule has 5 nitrogen and oxygen atoms in total. The molecule has 0 fully saturated rings. The van der Waals surface area contributed by atoms with Gasteiger partial charge in [-0.05, 0) is 0 Å². The number of methoxy groups -OCH3 is 1. The van der Waals surface area contributed by atoms with Crippen molar-refractivity contribution in [3.8, 4) is 0 Å². The van der Waals surface area contributed by atoms with Gasteiger partial charge >= 0.3 is 13.6 Å². The molecular weight excluding hydrogens is 171 g/mol. The fourth-order valence-electron chi connectivity index (χ4n) is 0.426. The average molecular weight is 182 g/mol. The van der Waals surface area contributed by atoms with E-state index in [1.807, 2.05) is 0 Å². The van der Waals surface area contributed by atoms with E-state index in [-0.39, 0.29) is 12.6 Å². The SMILES string of the molecule is COC(=O)CCP(=O)(O)OC. The highest BCUT2D eigenvalue weighted by atomic mass is 31.2. The lowest BCUT2D eigenvalue weighted by Gasteiger charge is -2.06. The lowest BCUT2D eigenvalue weighted by Crippen LogP contribution is -2.03. The Kier molecular flexibility index (Phi) is 4.33. The maximum Gasteiger partial charge on any atom is 0.328 e. The molecule has 66 valence electrons. The molecule has 11 heavy (non-hydrogen) atoms. The molecule has 0 saturated heterocycles. The van der Waals surface area contributed by atoms with Crippen LogP contribution in [0.1, 0.15) is 6.42 Å². The van der Waals surface area contributed by atoms with Crippen LogP contribution >= 0.6 is 7.60 Å². The fraction of sp³-hybridized carbons (Fsp3) is 0.800. The van der Waals surface area contributed by atoms with E-state index in [4.69, 9.17) is 4.89 Å². The zero-order valence-electron chi connectivity index (χ0n) is 6.44. The van der Waals surface area contributed by atoms with Gasteiger partial charge in [0.25, 0.3) is 0 Å². The van der Waals surface area contributed by atoms with Gasteiger partial charge < -0.3 is 14.2 Å². The minimum Gasteiger partial charge on any atom is -0.469 e. The number of esters is 1. The summed E-state index contributed by atoms with van der Waals surface area (Å²) in [4.78, 5) is 19.3. The summed E-state index contributed by atoms with van der Waals surface area (Å²) in [5.74, 6) is -0.517. The molecule has 0 spiro atoms. The van der Waals surface area contributed by atoms with E-state index in [9.17, 15) is 9.36 Å². The Morgan fingerprint density at radius 1 is 1.55 bits per heavy atom. The number of carbonyl (C=O) groups excluding carboxylic acids is 1. The molecule has 0 radical (unpaired) electrons. The summed E-state index contributed by atoms with van der Waals surface area (Å²) in [6.45, 7) is 0. The van der Waals surface area contributed by atoms with Crippen LogP contribution in [0.2, 0.25) is 0 Å². The number of rotatable bonds is 4. The summed E-state index contributed by atoms with van der Waals surface area (Å²) in [6.07, 6.45) is -0.297. The van der Waals surface area contributed by atoms with Gasteiger partial charge in [0.15, 0.2) is 0 Å². The van der Waals surface area contributed by atoms with E-state index in [1.165, 1.54) is 7.11 Å². The highest BCUT2D eigenvalue weighted by molar-refractivity contribution is 7.52. The summed E-state index contributed by atoms with van der Waals surface area (Å²) in [5, 5.41) is 0. The number of carbonyl (C=O) groups is 1. The van der Waals surface area contributed by atoms with Crippen LogP contribution in [0.25, 0.3) is 0 Å². The molecule has 0 heterocycles. The monoisotopic (exact) mass is 182 g/mol. The van der Waals surface area contributed by atoms with E-state index >= 15 is 0 Å². The van der Waals surface area contributed by atoms with Gasteiger partial charge in [0.1, 0.15) is 0 Å². The topological polar surface area (TPSA) is 72.8 Å². The summed E-state index contributed by atoms with van der Waals surface area (Å²) in [6, 6.07) is 0. The number of ether oxygens (including phenoxy) is 1. The quantitative estimate of drug-likeness (QED) is 0.502. The van der Waals surface area contributed by atoms with E-state index in [0.29, 0.717) is 0 Å². The van der Waals surface area contributed by atoms with Crippen molar-refractivity contribution in [3.05, 3.63) is 0 Å². The highest BCUT2D eigenvalue weighted by Crippen LogP contribution is 2.40. The van der Waals surface area contributed by atoms with Gasteiger partial charge in [-0.15, -0.1) is 0 Å². The molecule has 0 saturated carbocycles. The predicted molar refractivity (Wildman–Crippen MR) is 38.3 cm³/mol. The summed E-state index contributed by atoms with van der Waals surface area (Å²) in [5.41, 5.74) is 0. The molecule has 1 atom stereocenters. The Labute approximate surface area is 64.8 Å². The maximum absolute atomic E-state index is 10.7. The molecule has 0 aromatic carbocycles. The van der Waals surface area contributed by atoms with Gasteiger partial charge in [0.05, 0.1) is 19.7 Å². The molecular formula is C5H11O5P. The van der Waals surface area contributed by atoms with Gasteiger partial charge in [-0.1, -0.05) is 0 Å². The van der Waals surface area contributed by atoms with Crippen LogP contribution in [0.5, 0.6) is 0 Å². The van der Waals surface area contributed by atoms with Crippen LogP contribution in [0.15, 0.2) is 0 Å². The van der Waals surface area contributed by atoms with E-state index in [1.54, 1.807) is 0 Å². The normalized spacial score (nSPS) is 15.5. The first-order valence-corrected chi connectivity index (χ1v) is 4.72. The first kappa shape index (κ1) is 10.6. The zero-order chi connectivity index (χ0) is 8.91. The largest absolute Gasteiger partial charge is 0.469 e. The molecule has 0 bridgehead atoms. The molecule has 0 aliphatic heterocycles. The lowest BCUT2D eigenvalue weighted by molar-refractivity contribution is -0.140. The molecule has 0 amide bonds. The molecule has 0 aromatic heterocycles. The van der Waals surface area contributed by atoms with Crippen LogP contribution < -0.4 is 0 Å². The Morgan fingerprint density at radius 2 is 2.09 bits per heavy atom. The van der Waals surface area contributed by atoms with Crippen LogP contribution in [-0.4, -0.2) is 31.2 Å². The van der Waals surface area contributed by atoms with E-state index in [2.05, 4.69) is 9.26 Å². The molecule has 1 N–H and O–H groups in total. The third kappa shape index (κ3) is 4.95. The predicted octanol–water partition coefficient (Wildman–Crippen LogP) is 0.381. The molecule has 1 unspecified atom stereocenters. The molecule has 6 heteroatoms. The first-order chi connectivity index (χ1) is 5.02. The smallest absolute Gasteiger partial charge is 0.328 e. The first-order valence-electron chi connectivity index (χ1n) is 2.96. The Morgan fingerprint density at radius 3 is 2.45 bits per heavy atom. The van der Waals surface area contributed by atoms with Gasteiger partial charge in [-0.3, -0.25) is 9.36 Å². The molecule has 0 aliphatic rings. The van der Waals surface area contributed by atoms with Gasteiger partial charge in [0, 0.05) is 7.11 Å². The Balaban J connectivity index is 3.70. The third-order valence-electron chi connectivity index (χ3n) is 1.11. The minimum atomic E-state index is -3.54. The summed E-state index contributed by atoms with van der Waals surface area (Å²) >= 11 is 0. The highest BCUT2D eigenvalue weighted by Gasteiger charge is 2.18. The van der Waals surface area contributed by atoms with Crippen molar-refractivity contribution in [2.75, 3.05) is 20.4 Å². The van der Waals surface area contributed by atoms with Crippen molar-refractivity contribution >= 4 is 13.6 Å². The second-order valence-corrected chi connectivity index (χ2v) is 3.96. The zero-order valence-corrected chi connectivity index (χ0v) is 7.34. The van der Waals surface area contributed by atoms with Crippen molar-refractivity contribution in [2.45, 2.75) is 6.42 Å². The third-order valence-corrected chi connectivity index (χ3v) is 2.47. The van der Waals surface area contributed by atoms with Gasteiger partial charge in [-0.25, -0.2) is 0 Å². The van der Waals surface area contributed by atoms with Crippen molar-refractivity contribution in [1.29, 1.82) is 0 Å². The Hall–Kier alpha value is -0.380. The van der Waals surface area contributed by atoms with E-state index in [0.717, 1.165) is 7.11 Å². The van der Waals surface area contributed by atoms with Crippen molar-refractivity contribution in [1.82, 2.24) is 0 Å². The van der Waals surface area contributed by atoms with Crippen molar-refractivity contribution < 1.29 is 23.5 Å². The van der Waals surface area contributed by atoms with Gasteiger partial charge in [-0.2, -0.15) is 0 Å². The second-order valence-electron chi connectivity index (χ2n) is 1.87. The molecule has 0 aromatic rings. The van der Waals surface area contributed by atoms with Crippen LogP contribution in [0, 0.1) is 0 Å². The van der Waals surface area contributed by atoms with E-state index < -0.39 is 13.6 Å². The van der Waals surface area contributed by atoms with Crippen molar-refractivity contribution in [2.24, 2.45) is 0 Å². The second kappa shape index (κ2) is 4.49. The van der Waals surface area contributed by atoms with Crippen LogP contribution in [-0.2, 0) is 18.6 Å². The Bertz CT molecular complexity index is 178. The van der Waals surface area contributed by atoms with Crippen LogP contribution in [0.4, 0.5) is 0 Å². The molecule has 0 rings (SSSR count).